The summed E-state index contributed by atoms with van der Waals surface area (Å²) in [7, 11) is 0. The average molecular weight is 310 g/mol. The van der Waals surface area contributed by atoms with Crippen LogP contribution in [0.25, 0.3) is 0 Å². The lowest BCUT2D eigenvalue weighted by Crippen LogP contribution is -2.33. The smallest absolute Gasteiger partial charge is 0.412 e. The molecule has 1 aliphatic rings. The highest BCUT2D eigenvalue weighted by Crippen LogP contribution is 2.29. The Morgan fingerprint density at radius 1 is 1.53 bits per heavy atom. The molecule has 0 bridgehead atoms. The molecule has 0 aliphatic heterocycles. The third-order valence-electron chi connectivity index (χ3n) is 1.84. The van der Waals surface area contributed by atoms with E-state index in [1.165, 1.54) is 6.08 Å². The molecule has 0 saturated carbocycles. The lowest BCUT2D eigenvalue weighted by Gasteiger charge is -2.21. The first-order valence-corrected chi connectivity index (χ1v) is 6.01. The minimum absolute atomic E-state index is 0.00144. The molecular formula is C11H14BrF2NO2. The molecule has 0 saturated heterocycles. The highest BCUT2D eigenvalue weighted by Gasteiger charge is 2.25. The Morgan fingerprint density at radius 3 is 2.59 bits per heavy atom. The molecule has 0 fully saturated rings. The first-order chi connectivity index (χ1) is 7.69. The van der Waals surface area contributed by atoms with Crippen molar-refractivity contribution < 1.29 is 18.3 Å². The molecule has 1 atom stereocenters. The van der Waals surface area contributed by atoms with Crippen molar-refractivity contribution in [2.24, 2.45) is 0 Å². The Morgan fingerprint density at radius 2 is 2.12 bits per heavy atom. The van der Waals surface area contributed by atoms with E-state index in [-0.39, 0.29) is 6.42 Å². The Bertz CT molecular complexity index is 385. The number of ether oxygens (including phenoxy) is 1. The molecule has 0 spiro atoms. The Balaban J connectivity index is 2.72. The highest BCUT2D eigenvalue weighted by molar-refractivity contribution is 9.09. The summed E-state index contributed by atoms with van der Waals surface area (Å²) in [4.78, 5) is 11.0. The number of alkyl halides is 1. The fraction of sp³-hybridized carbons (Fsp3) is 0.545. The zero-order chi connectivity index (χ0) is 13.2. The van der Waals surface area contributed by atoms with Gasteiger partial charge in [-0.25, -0.2) is 13.6 Å². The van der Waals surface area contributed by atoms with Gasteiger partial charge in [0.2, 0.25) is 0 Å². The predicted molar refractivity (Wildman–Crippen MR) is 64.0 cm³/mol. The second kappa shape index (κ2) is 5.16. The number of carbonyl (C=O) groups excluding carboxylic acids is 1. The van der Waals surface area contributed by atoms with Crippen LogP contribution >= 0.6 is 15.9 Å². The third-order valence-corrected chi connectivity index (χ3v) is 2.43. The van der Waals surface area contributed by atoms with E-state index >= 15 is 0 Å². The number of hydrogen-bond acceptors (Lipinski definition) is 2. The zero-order valence-electron chi connectivity index (χ0n) is 9.81. The Hall–Kier alpha value is -0.910. The van der Waals surface area contributed by atoms with Crippen molar-refractivity contribution in [1.29, 1.82) is 0 Å². The minimum atomic E-state index is -0.876. The van der Waals surface area contributed by atoms with Gasteiger partial charge >= 0.3 is 6.09 Å². The molecule has 0 aromatic rings. The van der Waals surface area contributed by atoms with E-state index in [1.54, 1.807) is 20.8 Å². The normalized spacial score (nSPS) is 21.1. The molecule has 0 heterocycles. The van der Waals surface area contributed by atoms with E-state index < -0.39 is 33.9 Å². The molecule has 1 amide bonds. The second-order valence-corrected chi connectivity index (χ2v) is 5.82. The number of nitrogens with one attached hydrogen (secondary N) is 1. The van der Waals surface area contributed by atoms with Gasteiger partial charge in [0, 0.05) is 11.2 Å². The monoisotopic (exact) mass is 309 g/mol. The maximum atomic E-state index is 13.4. The van der Waals surface area contributed by atoms with Crippen LogP contribution in [-0.4, -0.2) is 16.5 Å². The predicted octanol–water partition coefficient (Wildman–Crippen LogP) is 3.71. The Kier molecular flexibility index (Phi) is 4.30. The third kappa shape index (κ3) is 4.46. The van der Waals surface area contributed by atoms with Crippen LogP contribution in [0.4, 0.5) is 13.6 Å². The van der Waals surface area contributed by atoms with Crippen molar-refractivity contribution in [3.63, 3.8) is 0 Å². The zero-order valence-corrected chi connectivity index (χ0v) is 11.4. The van der Waals surface area contributed by atoms with Gasteiger partial charge in [0.05, 0.1) is 0 Å². The van der Waals surface area contributed by atoms with Crippen LogP contribution in [-0.2, 0) is 4.74 Å². The topological polar surface area (TPSA) is 38.3 Å². The van der Waals surface area contributed by atoms with Gasteiger partial charge in [-0.05, 0) is 26.8 Å². The number of rotatable bonds is 1. The number of amides is 1. The van der Waals surface area contributed by atoms with Crippen molar-refractivity contribution in [2.45, 2.75) is 37.6 Å². The van der Waals surface area contributed by atoms with Gasteiger partial charge in [0.25, 0.3) is 0 Å². The van der Waals surface area contributed by atoms with E-state index in [9.17, 15) is 13.6 Å². The molecule has 17 heavy (non-hydrogen) atoms. The fourth-order valence-corrected chi connectivity index (χ4v) is 1.75. The van der Waals surface area contributed by atoms with E-state index in [0.717, 1.165) is 0 Å². The number of hydrogen-bond donors (Lipinski definition) is 1. The Labute approximate surface area is 107 Å². The maximum Gasteiger partial charge on any atom is 0.412 e. The lowest BCUT2D eigenvalue weighted by molar-refractivity contribution is 0.0543. The van der Waals surface area contributed by atoms with Crippen LogP contribution in [0, 0.1) is 0 Å². The summed E-state index contributed by atoms with van der Waals surface area (Å²) in [5.74, 6) is -1.51. The summed E-state index contributed by atoms with van der Waals surface area (Å²) in [6.45, 7) is 5.00. The number of halogens is 3. The number of alkyl carbamates (subject to hydrolysis) is 1. The van der Waals surface area contributed by atoms with E-state index in [1.807, 2.05) is 0 Å². The molecule has 96 valence electrons. The van der Waals surface area contributed by atoms with E-state index in [0.29, 0.717) is 0 Å². The van der Waals surface area contributed by atoms with Crippen molar-refractivity contribution in [1.82, 2.24) is 5.32 Å². The summed E-state index contributed by atoms with van der Waals surface area (Å²) >= 11 is 3.08. The van der Waals surface area contributed by atoms with Gasteiger partial charge in [-0.3, -0.25) is 5.32 Å². The quantitative estimate of drug-likeness (QED) is 0.750. The molecule has 0 aromatic carbocycles. The summed E-state index contributed by atoms with van der Waals surface area (Å²) in [5.41, 5.74) is -1.16. The molecule has 1 unspecified atom stereocenters. The second-order valence-electron chi connectivity index (χ2n) is 4.64. The molecule has 1 rings (SSSR count). The van der Waals surface area contributed by atoms with E-state index in [2.05, 4.69) is 21.2 Å². The van der Waals surface area contributed by atoms with Crippen molar-refractivity contribution in [3.05, 3.63) is 23.4 Å². The highest BCUT2D eigenvalue weighted by atomic mass is 79.9. The van der Waals surface area contributed by atoms with Crippen LogP contribution in [0.3, 0.4) is 0 Å². The number of carbonyl (C=O) groups is 1. The molecule has 0 aromatic heterocycles. The molecular weight excluding hydrogens is 296 g/mol. The van der Waals surface area contributed by atoms with Crippen molar-refractivity contribution in [3.8, 4) is 0 Å². The van der Waals surface area contributed by atoms with Crippen molar-refractivity contribution >= 4 is 22.0 Å². The van der Waals surface area contributed by atoms with Gasteiger partial charge in [0.15, 0.2) is 0 Å². The van der Waals surface area contributed by atoms with Gasteiger partial charge in [-0.1, -0.05) is 15.9 Å². The van der Waals surface area contributed by atoms with Gasteiger partial charge in [0.1, 0.15) is 23.0 Å². The summed E-state index contributed by atoms with van der Waals surface area (Å²) in [6.07, 6.45) is 0.313. The SMILES string of the molecule is CC(C)(C)OC(=O)NC1=C(F)CC(Br)C=C1F. The molecule has 1 N–H and O–H groups in total. The van der Waals surface area contributed by atoms with Crippen LogP contribution in [0.15, 0.2) is 23.4 Å². The molecule has 1 aliphatic carbocycles. The van der Waals surface area contributed by atoms with Crippen LogP contribution < -0.4 is 5.32 Å². The summed E-state index contributed by atoms with van der Waals surface area (Å²) in [5, 5.41) is 2.07. The summed E-state index contributed by atoms with van der Waals surface area (Å²) in [6, 6.07) is 0. The fourth-order valence-electron chi connectivity index (χ4n) is 1.24. The van der Waals surface area contributed by atoms with Gasteiger partial charge in [-0.2, -0.15) is 0 Å². The molecule has 3 nitrogen and oxygen atoms in total. The average Bonchev–Trinajstić information content (AvgIpc) is 2.08. The minimum Gasteiger partial charge on any atom is -0.444 e. The largest absolute Gasteiger partial charge is 0.444 e. The lowest BCUT2D eigenvalue weighted by atomic mass is 10.1. The van der Waals surface area contributed by atoms with Gasteiger partial charge in [-0.15, -0.1) is 0 Å². The van der Waals surface area contributed by atoms with Gasteiger partial charge < -0.3 is 4.74 Å². The first kappa shape index (κ1) is 14.2. The molecule has 0 radical (unpaired) electrons. The van der Waals surface area contributed by atoms with Crippen LogP contribution in [0.5, 0.6) is 0 Å². The molecule has 6 heteroatoms. The number of allylic oxidation sites excluding steroid dienone is 3. The van der Waals surface area contributed by atoms with Crippen molar-refractivity contribution in [2.75, 3.05) is 0 Å². The maximum absolute atomic E-state index is 13.4. The van der Waals surface area contributed by atoms with E-state index in [4.69, 9.17) is 4.74 Å². The van der Waals surface area contributed by atoms with Crippen LogP contribution in [0.1, 0.15) is 27.2 Å². The van der Waals surface area contributed by atoms with Crippen LogP contribution in [0.2, 0.25) is 0 Å². The standard InChI is InChI=1S/C11H14BrF2NO2/c1-11(2,3)17-10(16)15-9-7(13)4-6(12)5-8(9)14/h4,6H,5H2,1-3H3,(H,15,16). The first-order valence-electron chi connectivity index (χ1n) is 5.09. The summed E-state index contributed by atoms with van der Waals surface area (Å²) < 4.78 is 31.8.